The van der Waals surface area contributed by atoms with Crippen LogP contribution in [0.1, 0.15) is 5.56 Å². The topological polar surface area (TPSA) is 55.5 Å². The van der Waals surface area contributed by atoms with Crippen molar-refractivity contribution in [3.8, 4) is 0 Å². The van der Waals surface area contributed by atoms with Gasteiger partial charge in [-0.3, -0.25) is 10.1 Å². The number of nitro groups is 1. The number of benzene rings is 1. The molecule has 0 saturated carbocycles. The van der Waals surface area contributed by atoms with Crippen LogP contribution in [0.25, 0.3) is 0 Å². The number of nitro benzene ring substituents is 1. The second-order valence-electron chi connectivity index (χ2n) is 4.28. The van der Waals surface area contributed by atoms with Crippen molar-refractivity contribution in [2.75, 3.05) is 0 Å². The number of non-ortho nitro benzene ring substituents is 1. The van der Waals surface area contributed by atoms with E-state index in [1.54, 1.807) is 18.3 Å². The summed E-state index contributed by atoms with van der Waals surface area (Å²) in [7, 11) is -1.44. The molecule has 1 rings (SSSR count). The van der Waals surface area contributed by atoms with Gasteiger partial charge in [0.25, 0.3) is 5.69 Å². The normalized spacial score (nSPS) is 11.9. The van der Waals surface area contributed by atoms with E-state index < -0.39 is 13.2 Å². The Morgan fingerprint density at radius 2 is 1.80 bits per heavy atom. The van der Waals surface area contributed by atoms with E-state index in [4.69, 9.17) is 0 Å². The molecular formula is C10H14N2O2Si. The van der Waals surface area contributed by atoms with Crippen molar-refractivity contribution < 1.29 is 4.92 Å². The molecule has 0 heterocycles. The lowest BCUT2D eigenvalue weighted by Crippen LogP contribution is -2.16. The summed E-state index contributed by atoms with van der Waals surface area (Å²) in [5, 5.41) is 10.4. The van der Waals surface area contributed by atoms with Crippen LogP contribution >= 0.6 is 0 Å². The van der Waals surface area contributed by atoms with E-state index in [0.29, 0.717) is 0 Å². The van der Waals surface area contributed by atoms with Crippen LogP contribution in [0.15, 0.2) is 28.9 Å². The lowest BCUT2D eigenvalue weighted by Gasteiger charge is -2.07. The highest BCUT2D eigenvalue weighted by molar-refractivity contribution is 6.75. The fourth-order valence-electron chi connectivity index (χ4n) is 0.950. The van der Waals surface area contributed by atoms with Gasteiger partial charge in [-0.15, -0.1) is 0 Å². The molecule has 0 fully saturated rings. The Hall–Kier alpha value is -1.49. The van der Waals surface area contributed by atoms with Gasteiger partial charge in [0.1, 0.15) is 0 Å². The maximum Gasteiger partial charge on any atom is 0.269 e. The maximum atomic E-state index is 10.4. The van der Waals surface area contributed by atoms with E-state index in [1.165, 1.54) is 12.1 Å². The van der Waals surface area contributed by atoms with Gasteiger partial charge in [0.15, 0.2) is 8.24 Å². The fourth-order valence-corrected chi connectivity index (χ4v) is 1.49. The molecule has 0 amide bonds. The second kappa shape index (κ2) is 4.35. The molecular weight excluding hydrogens is 208 g/mol. The molecule has 1 aromatic rings. The predicted octanol–water partition coefficient (Wildman–Crippen LogP) is 2.85. The lowest BCUT2D eigenvalue weighted by molar-refractivity contribution is -0.384. The molecule has 0 aromatic heterocycles. The second-order valence-corrected chi connectivity index (χ2v) is 8.88. The van der Waals surface area contributed by atoms with Gasteiger partial charge in [0.05, 0.1) is 4.92 Å². The van der Waals surface area contributed by atoms with Gasteiger partial charge in [-0.25, -0.2) is 0 Å². The number of rotatable bonds is 3. The summed E-state index contributed by atoms with van der Waals surface area (Å²) in [6.45, 7) is 6.40. The number of nitrogens with zero attached hydrogens (tertiary/aromatic N) is 2. The predicted molar refractivity (Wildman–Crippen MR) is 64.0 cm³/mol. The van der Waals surface area contributed by atoms with Crippen LogP contribution in [0.5, 0.6) is 0 Å². The van der Waals surface area contributed by atoms with Crippen LogP contribution in [-0.2, 0) is 0 Å². The van der Waals surface area contributed by atoms with Gasteiger partial charge in [0, 0.05) is 18.3 Å². The lowest BCUT2D eigenvalue weighted by atomic mass is 10.2. The molecule has 0 saturated heterocycles. The molecule has 1 aromatic carbocycles. The Kier molecular flexibility index (Phi) is 3.36. The van der Waals surface area contributed by atoms with Crippen molar-refractivity contribution in [2.24, 2.45) is 4.66 Å². The average molecular weight is 222 g/mol. The largest absolute Gasteiger partial charge is 0.329 e. The molecule has 0 spiro atoms. The summed E-state index contributed by atoms with van der Waals surface area (Å²) >= 11 is 0. The first-order valence-corrected chi connectivity index (χ1v) is 8.13. The zero-order valence-electron chi connectivity index (χ0n) is 9.10. The first-order chi connectivity index (χ1) is 6.88. The number of hydrogen-bond donors (Lipinski definition) is 0. The molecule has 0 aliphatic rings. The highest BCUT2D eigenvalue weighted by atomic mass is 28.3. The Morgan fingerprint density at radius 1 is 1.27 bits per heavy atom. The zero-order valence-corrected chi connectivity index (χ0v) is 10.1. The summed E-state index contributed by atoms with van der Waals surface area (Å²) in [6.07, 6.45) is 1.79. The Balaban J connectivity index is 2.82. The molecule has 15 heavy (non-hydrogen) atoms. The van der Waals surface area contributed by atoms with E-state index >= 15 is 0 Å². The van der Waals surface area contributed by atoms with Crippen LogP contribution in [-0.4, -0.2) is 19.4 Å². The van der Waals surface area contributed by atoms with E-state index in [2.05, 4.69) is 24.3 Å². The average Bonchev–Trinajstić information content (AvgIpc) is 2.14. The monoisotopic (exact) mass is 222 g/mol. The van der Waals surface area contributed by atoms with Crippen LogP contribution < -0.4 is 0 Å². The number of hydrogen-bond acceptors (Lipinski definition) is 3. The third-order valence-corrected chi connectivity index (χ3v) is 2.61. The Bertz CT molecular complexity index is 379. The molecule has 0 radical (unpaired) electrons. The minimum atomic E-state index is -1.44. The van der Waals surface area contributed by atoms with Crippen molar-refractivity contribution in [2.45, 2.75) is 19.6 Å². The van der Waals surface area contributed by atoms with Crippen molar-refractivity contribution in [1.82, 2.24) is 0 Å². The smallest absolute Gasteiger partial charge is 0.269 e. The van der Waals surface area contributed by atoms with E-state index in [-0.39, 0.29) is 5.69 Å². The third kappa shape index (κ3) is 4.03. The highest BCUT2D eigenvalue weighted by Gasteiger charge is 2.09. The van der Waals surface area contributed by atoms with E-state index in [1.807, 2.05) is 0 Å². The zero-order chi connectivity index (χ0) is 11.5. The molecule has 0 bridgehead atoms. The van der Waals surface area contributed by atoms with Crippen molar-refractivity contribution in [3.63, 3.8) is 0 Å². The van der Waals surface area contributed by atoms with E-state index in [9.17, 15) is 10.1 Å². The molecule has 0 N–H and O–H groups in total. The molecule has 0 aliphatic heterocycles. The molecule has 0 unspecified atom stereocenters. The minimum Gasteiger partial charge on any atom is -0.329 e. The Labute approximate surface area is 89.9 Å². The summed E-state index contributed by atoms with van der Waals surface area (Å²) < 4.78 is 4.45. The van der Waals surface area contributed by atoms with E-state index in [0.717, 1.165) is 5.56 Å². The van der Waals surface area contributed by atoms with Gasteiger partial charge >= 0.3 is 0 Å². The maximum absolute atomic E-state index is 10.4. The van der Waals surface area contributed by atoms with Crippen molar-refractivity contribution >= 4 is 20.1 Å². The van der Waals surface area contributed by atoms with Gasteiger partial charge < -0.3 is 4.66 Å². The van der Waals surface area contributed by atoms with Crippen LogP contribution in [0.2, 0.25) is 19.6 Å². The standard InChI is InChI=1S/C10H14N2O2Si/c1-15(2,3)11-8-9-4-6-10(7-5-9)12(13)14/h4-8H,1-3H3. The van der Waals surface area contributed by atoms with Gasteiger partial charge in [-0.05, 0) is 37.3 Å². The van der Waals surface area contributed by atoms with Crippen molar-refractivity contribution in [1.29, 1.82) is 0 Å². The molecule has 0 aliphatic carbocycles. The third-order valence-electron chi connectivity index (χ3n) is 1.70. The molecule has 80 valence electrons. The summed E-state index contributed by atoms with van der Waals surface area (Å²) in [5.41, 5.74) is 1.02. The Morgan fingerprint density at radius 3 is 2.20 bits per heavy atom. The quantitative estimate of drug-likeness (QED) is 0.342. The van der Waals surface area contributed by atoms with Crippen LogP contribution in [0.3, 0.4) is 0 Å². The van der Waals surface area contributed by atoms with Gasteiger partial charge in [-0.2, -0.15) is 0 Å². The minimum absolute atomic E-state index is 0.111. The van der Waals surface area contributed by atoms with Crippen LogP contribution in [0.4, 0.5) is 5.69 Å². The highest BCUT2D eigenvalue weighted by Crippen LogP contribution is 2.11. The molecule has 4 nitrogen and oxygen atoms in total. The summed E-state index contributed by atoms with van der Waals surface area (Å²) in [4.78, 5) is 10.0. The fraction of sp³-hybridized carbons (Fsp3) is 0.300. The summed E-state index contributed by atoms with van der Waals surface area (Å²) in [5.74, 6) is 0. The molecule has 0 atom stereocenters. The van der Waals surface area contributed by atoms with Crippen LogP contribution in [0, 0.1) is 10.1 Å². The van der Waals surface area contributed by atoms with Gasteiger partial charge in [0.2, 0.25) is 0 Å². The van der Waals surface area contributed by atoms with Crippen molar-refractivity contribution in [3.05, 3.63) is 39.9 Å². The first-order valence-electron chi connectivity index (χ1n) is 4.68. The SMILES string of the molecule is C[Si](C)(C)N=Cc1ccc([N+](=O)[O-])cc1. The molecule has 5 heteroatoms. The van der Waals surface area contributed by atoms with Gasteiger partial charge in [-0.1, -0.05) is 0 Å². The first kappa shape index (κ1) is 11.6. The summed E-state index contributed by atoms with van der Waals surface area (Å²) in [6, 6.07) is 6.40.